The number of aromatic nitrogens is 1. The lowest BCUT2D eigenvalue weighted by atomic mass is 10.2. The molecule has 0 atom stereocenters. The molecule has 0 aliphatic carbocycles. The van der Waals surface area contributed by atoms with Crippen LogP contribution in [0.25, 0.3) is 0 Å². The van der Waals surface area contributed by atoms with Gasteiger partial charge in [-0.2, -0.15) is 0 Å². The molecule has 1 aliphatic rings. The molecule has 2 N–H and O–H groups in total. The highest BCUT2D eigenvalue weighted by Gasteiger charge is 2.22. The second-order valence-corrected chi connectivity index (χ2v) is 5.22. The van der Waals surface area contributed by atoms with Crippen LogP contribution in [-0.2, 0) is 4.79 Å². The Balaban J connectivity index is 2.37. The van der Waals surface area contributed by atoms with Gasteiger partial charge in [-0.1, -0.05) is 12.2 Å². The van der Waals surface area contributed by atoms with Gasteiger partial charge in [0.1, 0.15) is 10.8 Å². The van der Waals surface area contributed by atoms with E-state index in [9.17, 15) is 4.79 Å². The first kappa shape index (κ1) is 13.7. The summed E-state index contributed by atoms with van der Waals surface area (Å²) < 4.78 is 0. The summed E-state index contributed by atoms with van der Waals surface area (Å²) in [6.45, 7) is 3.78. The van der Waals surface area contributed by atoms with Crippen molar-refractivity contribution in [1.29, 1.82) is 0 Å². The van der Waals surface area contributed by atoms with E-state index in [1.54, 1.807) is 4.90 Å². The number of pyridine rings is 1. The molecule has 0 bridgehead atoms. The first-order valence-electron chi connectivity index (χ1n) is 6.25. The minimum absolute atomic E-state index is 0.0923. The molecule has 1 amide bonds. The monoisotopic (exact) mass is 278 g/mol. The van der Waals surface area contributed by atoms with Crippen LogP contribution in [0, 0.1) is 6.92 Å². The van der Waals surface area contributed by atoms with Crippen LogP contribution >= 0.6 is 12.2 Å². The van der Waals surface area contributed by atoms with Crippen LogP contribution in [0.15, 0.2) is 12.1 Å². The van der Waals surface area contributed by atoms with Gasteiger partial charge in [0.25, 0.3) is 0 Å². The molecule has 2 rings (SSSR count). The fourth-order valence-electron chi connectivity index (χ4n) is 2.14. The smallest absolute Gasteiger partial charge is 0.241 e. The van der Waals surface area contributed by atoms with Crippen molar-refractivity contribution >= 4 is 28.9 Å². The van der Waals surface area contributed by atoms with Crippen LogP contribution in [0.1, 0.15) is 17.7 Å². The molecular weight excluding hydrogens is 260 g/mol. The number of nitrogens with two attached hydrogens (primary N) is 1. The highest BCUT2D eigenvalue weighted by molar-refractivity contribution is 7.80. The summed E-state index contributed by atoms with van der Waals surface area (Å²) in [7, 11) is 1.82. The van der Waals surface area contributed by atoms with Gasteiger partial charge in [0, 0.05) is 25.8 Å². The summed E-state index contributed by atoms with van der Waals surface area (Å²) in [5.41, 5.74) is 7.36. The van der Waals surface area contributed by atoms with Crippen molar-refractivity contribution in [3.8, 4) is 0 Å². The van der Waals surface area contributed by atoms with Crippen LogP contribution < -0.4 is 10.6 Å². The van der Waals surface area contributed by atoms with Gasteiger partial charge in [-0.3, -0.25) is 4.79 Å². The van der Waals surface area contributed by atoms with Crippen molar-refractivity contribution in [2.75, 3.05) is 31.6 Å². The zero-order valence-corrected chi connectivity index (χ0v) is 12.0. The molecule has 2 heterocycles. The number of aryl methyl sites for hydroxylation is 1. The molecule has 19 heavy (non-hydrogen) atoms. The molecule has 6 heteroatoms. The van der Waals surface area contributed by atoms with Crippen molar-refractivity contribution in [1.82, 2.24) is 9.88 Å². The second-order valence-electron chi connectivity index (χ2n) is 4.78. The maximum atomic E-state index is 12.0. The fourth-order valence-corrected chi connectivity index (χ4v) is 2.30. The average Bonchev–Trinajstić information content (AvgIpc) is 2.51. The number of hydrogen-bond donors (Lipinski definition) is 1. The summed E-state index contributed by atoms with van der Waals surface area (Å²) in [6, 6.07) is 3.75. The Morgan fingerprint density at radius 1 is 1.42 bits per heavy atom. The van der Waals surface area contributed by atoms with E-state index in [0.29, 0.717) is 11.5 Å². The van der Waals surface area contributed by atoms with Gasteiger partial charge in [-0.05, 0) is 25.5 Å². The fraction of sp³-hybridized carbons (Fsp3) is 0.462. The van der Waals surface area contributed by atoms with Crippen molar-refractivity contribution in [2.45, 2.75) is 13.3 Å². The summed E-state index contributed by atoms with van der Waals surface area (Å²) in [6.07, 6.45) is 0.911. The molecule has 0 unspecified atom stereocenters. The SMILES string of the molecule is Cc1ccc(C(N)=S)c(N2CCCN(C)C(=O)C2)n1. The van der Waals surface area contributed by atoms with Crippen LogP contribution in [0.2, 0.25) is 0 Å². The maximum Gasteiger partial charge on any atom is 0.241 e. The lowest BCUT2D eigenvalue weighted by Gasteiger charge is -2.23. The van der Waals surface area contributed by atoms with E-state index in [4.69, 9.17) is 18.0 Å². The number of carbonyl (C=O) groups is 1. The van der Waals surface area contributed by atoms with Gasteiger partial charge in [-0.25, -0.2) is 4.98 Å². The molecule has 0 radical (unpaired) electrons. The topological polar surface area (TPSA) is 62.5 Å². The molecule has 0 aromatic carbocycles. The zero-order valence-electron chi connectivity index (χ0n) is 11.2. The first-order valence-corrected chi connectivity index (χ1v) is 6.66. The quantitative estimate of drug-likeness (QED) is 0.807. The second kappa shape index (κ2) is 5.52. The van der Waals surface area contributed by atoms with E-state index < -0.39 is 0 Å². The number of rotatable bonds is 2. The molecule has 0 spiro atoms. The zero-order chi connectivity index (χ0) is 14.0. The summed E-state index contributed by atoms with van der Waals surface area (Å²) >= 11 is 5.06. The average molecular weight is 278 g/mol. The highest BCUT2D eigenvalue weighted by atomic mass is 32.1. The van der Waals surface area contributed by atoms with Gasteiger partial charge >= 0.3 is 0 Å². The molecule has 5 nitrogen and oxygen atoms in total. The van der Waals surface area contributed by atoms with Crippen molar-refractivity contribution in [3.05, 3.63) is 23.4 Å². The third kappa shape index (κ3) is 3.01. The van der Waals surface area contributed by atoms with Gasteiger partial charge in [0.05, 0.1) is 12.1 Å². The molecule has 1 aromatic heterocycles. The Morgan fingerprint density at radius 2 is 2.16 bits per heavy atom. The van der Waals surface area contributed by atoms with E-state index in [2.05, 4.69) is 4.98 Å². The predicted octanol–water partition coefficient (Wildman–Crippen LogP) is 0.693. The van der Waals surface area contributed by atoms with Gasteiger partial charge in [0.2, 0.25) is 5.91 Å². The largest absolute Gasteiger partial charge is 0.389 e. The van der Waals surface area contributed by atoms with Crippen molar-refractivity contribution in [2.24, 2.45) is 5.73 Å². The third-order valence-electron chi connectivity index (χ3n) is 3.25. The van der Waals surface area contributed by atoms with Crippen LogP contribution in [-0.4, -0.2) is 47.5 Å². The van der Waals surface area contributed by atoms with Gasteiger partial charge < -0.3 is 15.5 Å². The molecular formula is C13H18N4OS. The number of likely N-dealkylation sites (N-methyl/N-ethyl adjacent to an activating group) is 1. The number of carbonyl (C=O) groups excluding carboxylic acids is 1. The first-order chi connectivity index (χ1) is 8.99. The predicted molar refractivity (Wildman–Crippen MR) is 79.3 cm³/mol. The lowest BCUT2D eigenvalue weighted by molar-refractivity contribution is -0.127. The Labute approximate surface area is 118 Å². The number of anilines is 1. The molecule has 102 valence electrons. The third-order valence-corrected chi connectivity index (χ3v) is 3.47. The van der Waals surface area contributed by atoms with Crippen LogP contribution in [0.3, 0.4) is 0 Å². The highest BCUT2D eigenvalue weighted by Crippen LogP contribution is 2.20. The van der Waals surface area contributed by atoms with Crippen LogP contribution in [0.5, 0.6) is 0 Å². The molecule has 1 aliphatic heterocycles. The molecule has 0 saturated carbocycles. The molecule has 1 aromatic rings. The van der Waals surface area contributed by atoms with Gasteiger partial charge in [0.15, 0.2) is 0 Å². The van der Waals surface area contributed by atoms with E-state index in [1.165, 1.54) is 0 Å². The van der Waals surface area contributed by atoms with Crippen molar-refractivity contribution < 1.29 is 4.79 Å². The Kier molecular flexibility index (Phi) is 3.99. The Morgan fingerprint density at radius 3 is 2.84 bits per heavy atom. The standard InChI is InChI=1S/C13H18N4OS/c1-9-4-5-10(12(14)19)13(15-9)17-7-3-6-16(2)11(18)8-17/h4-5H,3,6-8H2,1-2H3,(H2,14,19). The maximum absolute atomic E-state index is 12.0. The number of amides is 1. The van der Waals surface area contributed by atoms with Crippen molar-refractivity contribution in [3.63, 3.8) is 0 Å². The number of hydrogen-bond acceptors (Lipinski definition) is 4. The minimum Gasteiger partial charge on any atom is -0.389 e. The summed E-state index contributed by atoms with van der Waals surface area (Å²) in [5.74, 6) is 0.811. The normalized spacial score (nSPS) is 16.4. The Hall–Kier alpha value is -1.69. The van der Waals surface area contributed by atoms with E-state index >= 15 is 0 Å². The van der Waals surface area contributed by atoms with E-state index in [0.717, 1.165) is 36.6 Å². The van der Waals surface area contributed by atoms with E-state index in [1.807, 2.05) is 31.0 Å². The number of thiocarbonyl (C=S) groups is 1. The Bertz CT molecular complexity index is 517. The summed E-state index contributed by atoms with van der Waals surface area (Å²) in [4.78, 5) is 20.5. The molecule has 1 fully saturated rings. The minimum atomic E-state index is 0.0923. The van der Waals surface area contributed by atoms with Crippen LogP contribution in [0.4, 0.5) is 5.82 Å². The van der Waals surface area contributed by atoms with Gasteiger partial charge in [-0.15, -0.1) is 0 Å². The lowest BCUT2D eigenvalue weighted by Crippen LogP contribution is -2.35. The number of nitrogens with zero attached hydrogens (tertiary/aromatic N) is 3. The summed E-state index contributed by atoms with van der Waals surface area (Å²) in [5, 5.41) is 0. The molecule has 1 saturated heterocycles. The van der Waals surface area contributed by atoms with E-state index in [-0.39, 0.29) is 5.91 Å².